The fourth-order valence-electron chi connectivity index (χ4n) is 0. The van der Waals surface area contributed by atoms with E-state index in [2.05, 4.69) is 55.5 Å². The summed E-state index contributed by atoms with van der Waals surface area (Å²) in [6, 6.07) is 0. The molecule has 0 atom stereocenters. The number of amides is 3. The summed E-state index contributed by atoms with van der Waals surface area (Å²) >= 11 is 0. The van der Waals surface area contributed by atoms with Crippen molar-refractivity contribution in [3.8, 4) is 11.8 Å². The Morgan fingerprint density at radius 3 is 0.672 bits per heavy atom. The van der Waals surface area contributed by atoms with Crippen molar-refractivity contribution in [2.75, 3.05) is 131 Å². The Kier molecular flexibility index (Phi) is 91.4. The van der Waals surface area contributed by atoms with Crippen LogP contribution in [0.25, 0.3) is 0 Å². The van der Waals surface area contributed by atoms with Crippen LogP contribution in [-0.2, 0) is 72.3 Å². The summed E-state index contributed by atoms with van der Waals surface area (Å²) in [5.41, 5.74) is 1.38. The van der Waals surface area contributed by atoms with Gasteiger partial charge < -0.3 is 34.2 Å². The predicted octanol–water partition coefficient (Wildman–Crippen LogP) is 2.50. The Bertz CT molecular complexity index is 1360. The molecule has 0 heterocycles. The molecule has 0 bridgehead atoms. The number of hydrogen-bond acceptors (Lipinski definition) is 16. The van der Waals surface area contributed by atoms with Crippen molar-refractivity contribution in [3.05, 3.63) is 11.6 Å². The van der Waals surface area contributed by atoms with Gasteiger partial charge in [0.15, 0.2) is 0 Å². The highest BCUT2D eigenvalue weighted by atomic mass is 32.2. The van der Waals surface area contributed by atoms with Crippen LogP contribution in [0.2, 0.25) is 0 Å². The van der Waals surface area contributed by atoms with Crippen LogP contribution in [-0.4, -0.2) is 205 Å². The summed E-state index contributed by atoms with van der Waals surface area (Å²) in [5, 5.41) is 2.39. The van der Waals surface area contributed by atoms with E-state index in [-0.39, 0.29) is 29.7 Å². The van der Waals surface area contributed by atoms with Gasteiger partial charge in [-0.1, -0.05) is 11.6 Å². The average molecular weight is 952 g/mol. The molecule has 0 saturated carbocycles. The lowest BCUT2D eigenvalue weighted by molar-refractivity contribution is -0.138. The molecule has 3 amide bonds. The molecule has 374 valence electrons. The normalized spacial score (nSPS) is 8.44. The number of nitrogens with zero attached hydrogens (tertiary/aromatic N) is 4. The third-order valence-corrected chi connectivity index (χ3v) is 5.91. The maximum absolute atomic E-state index is 10.3. The van der Waals surface area contributed by atoms with Crippen LogP contribution in [0.5, 0.6) is 0 Å². The minimum Gasteiger partial charge on any atom is -0.469 e. The third-order valence-electron chi connectivity index (χ3n) is 3.98. The molecular weight excluding hydrogens is 863 g/mol. The molecule has 0 aromatic rings. The maximum Gasteiger partial charge on any atom is 0.302 e. The number of sulfone groups is 1. The third kappa shape index (κ3) is 333. The van der Waals surface area contributed by atoms with Crippen LogP contribution < -0.4 is 5.32 Å². The van der Waals surface area contributed by atoms with E-state index in [1.807, 2.05) is 46.8 Å². The Balaban J connectivity index is -0.0000000432. The van der Waals surface area contributed by atoms with Crippen molar-refractivity contribution in [1.29, 1.82) is 0 Å². The van der Waals surface area contributed by atoms with E-state index in [1.165, 1.54) is 78.3 Å². The van der Waals surface area contributed by atoms with Crippen molar-refractivity contribution in [1.82, 2.24) is 24.3 Å². The largest absolute Gasteiger partial charge is 0.469 e. The van der Waals surface area contributed by atoms with Crippen LogP contribution in [0.3, 0.4) is 0 Å². The van der Waals surface area contributed by atoms with Gasteiger partial charge in [-0.05, 0) is 55.8 Å². The molecule has 0 spiro atoms. The second-order valence-electron chi connectivity index (χ2n) is 12.2. The van der Waals surface area contributed by atoms with Gasteiger partial charge in [0.2, 0.25) is 27.7 Å². The summed E-state index contributed by atoms with van der Waals surface area (Å²) in [7, 11) is 15.8. The van der Waals surface area contributed by atoms with Gasteiger partial charge in [-0.2, -0.15) is 8.42 Å². The highest BCUT2D eigenvalue weighted by Crippen LogP contribution is 1.83. The zero-order chi connectivity index (χ0) is 52.9. The van der Waals surface area contributed by atoms with Gasteiger partial charge in [-0.25, -0.2) is 21.1 Å². The number of ether oxygens (including phenoxy) is 3. The smallest absolute Gasteiger partial charge is 0.302 e. The molecule has 0 aromatic heterocycles. The van der Waals surface area contributed by atoms with Crippen molar-refractivity contribution >= 4 is 59.6 Å². The number of hydrogen-bond donors (Lipinski definition) is 1. The lowest BCUT2D eigenvalue weighted by Gasteiger charge is -2.02. The second-order valence-corrected chi connectivity index (χ2v) is 18.4. The van der Waals surface area contributed by atoms with Crippen LogP contribution >= 0.6 is 0 Å². The fourth-order valence-corrected chi connectivity index (χ4v) is 0. The molecule has 0 radical (unpaired) electrons. The zero-order valence-corrected chi connectivity index (χ0v) is 45.7. The van der Waals surface area contributed by atoms with Gasteiger partial charge in [0.1, 0.15) is 9.84 Å². The van der Waals surface area contributed by atoms with Crippen LogP contribution in [0.15, 0.2) is 11.6 Å². The highest BCUT2D eigenvalue weighted by Gasteiger charge is 2.01. The summed E-state index contributed by atoms with van der Waals surface area (Å²) in [4.78, 5) is 54.1. The monoisotopic (exact) mass is 952 g/mol. The number of carbonyl (C=O) groups excluding carboxylic acids is 5. The summed E-state index contributed by atoms with van der Waals surface area (Å²) in [5.74, 6) is 5.06. The molecule has 0 fully saturated rings. The summed E-state index contributed by atoms with van der Waals surface area (Å²) in [6.45, 7) is 17.1. The van der Waals surface area contributed by atoms with E-state index < -0.39 is 30.0 Å². The van der Waals surface area contributed by atoms with Gasteiger partial charge in [-0.15, -0.1) is 11.8 Å². The Morgan fingerprint density at radius 1 is 0.557 bits per heavy atom. The van der Waals surface area contributed by atoms with Crippen molar-refractivity contribution < 1.29 is 67.6 Å². The average Bonchev–Trinajstić information content (AvgIpc) is 3.08. The quantitative estimate of drug-likeness (QED) is 0.181. The van der Waals surface area contributed by atoms with Crippen molar-refractivity contribution in [3.63, 3.8) is 0 Å². The molecule has 0 rings (SSSR count). The van der Waals surface area contributed by atoms with E-state index in [4.69, 9.17) is 0 Å². The topological polar surface area (TPSA) is 250 Å². The summed E-state index contributed by atoms with van der Waals surface area (Å²) < 4.78 is 76.9. The van der Waals surface area contributed by atoms with Crippen LogP contribution in [0.4, 0.5) is 0 Å². The first-order chi connectivity index (χ1) is 26.9. The molecule has 0 aromatic carbocycles. The minimum absolute atomic E-state index is 0.00463. The molecule has 0 unspecified atom stereocenters. The lowest BCUT2D eigenvalue weighted by atomic mass is 10.3. The predicted molar refractivity (Wildman–Crippen MR) is 252 cm³/mol. The van der Waals surface area contributed by atoms with Gasteiger partial charge in [0, 0.05) is 111 Å². The maximum atomic E-state index is 10.3. The van der Waals surface area contributed by atoms with E-state index in [0.29, 0.717) is 0 Å². The number of rotatable bonds is 2. The molecule has 61 heavy (non-hydrogen) atoms. The number of esters is 2. The first-order valence-corrected chi connectivity index (χ1v) is 23.3. The van der Waals surface area contributed by atoms with Crippen LogP contribution in [0.1, 0.15) is 69.2 Å². The Labute approximate surface area is 374 Å². The SMILES string of the molecule is CC#CC.CC(=O)N(C)C.CC(=O)N(C)C.CC=C(C)C.CN(C)C.CN(C)S(C)(=O)=O.CNC(C)=O.COC.COC(C)=O.COC(C)=O.COS(C)(=O)=O.CS(C)(=O)=O. The van der Waals surface area contributed by atoms with E-state index >= 15 is 0 Å². The van der Waals surface area contributed by atoms with Gasteiger partial charge in [0.05, 0.1) is 33.8 Å². The standard InChI is InChI=1S/C5H10.2C4H9NO.C4H6.C3H9NO2S.C3H7NO.C3H9N.2C3H6O2.C2H6O3S.C2H6O2S.C2H6O/c1-4-5(2)3;2*1-4(6)5(2)3;1-3-4-2;1-4(2)7(3,5)6;1-3(5)4-2;1-4(2)3;2*1-3(4)5-2;1-5-6(2,3)4;1-5(2,3)4;1-3-2/h4H,1-3H3;2*1-3H3;1-2H3;1-3H3;1-2H3,(H,4,5);1-3H3;2*1-2H3;1-2H3;1-2H3;1-2H3. The van der Waals surface area contributed by atoms with E-state index in [1.54, 1.807) is 49.5 Å². The van der Waals surface area contributed by atoms with Crippen molar-refractivity contribution in [2.24, 2.45) is 0 Å². The first kappa shape index (κ1) is 88.5. The van der Waals surface area contributed by atoms with Gasteiger partial charge in [0.25, 0.3) is 10.1 Å². The first-order valence-electron chi connectivity index (χ1n) is 17.3. The number of sulfonamides is 1. The highest BCUT2D eigenvalue weighted by molar-refractivity contribution is 7.90. The van der Waals surface area contributed by atoms with Gasteiger partial charge >= 0.3 is 11.9 Å². The molecule has 0 aliphatic heterocycles. The van der Waals surface area contributed by atoms with Crippen LogP contribution in [0, 0.1) is 11.8 Å². The van der Waals surface area contributed by atoms with Gasteiger partial charge in [-0.3, -0.25) is 28.2 Å². The Hall–Kier alpha value is -3.66. The second kappa shape index (κ2) is 63.0. The molecule has 23 heteroatoms. The lowest BCUT2D eigenvalue weighted by Crippen LogP contribution is -2.19. The Morgan fingerprint density at radius 2 is 0.672 bits per heavy atom. The van der Waals surface area contributed by atoms with E-state index in [9.17, 15) is 49.2 Å². The molecule has 0 saturated heterocycles. The molecule has 20 nitrogen and oxygen atoms in total. The number of methoxy groups -OCH3 is 3. The summed E-state index contributed by atoms with van der Waals surface area (Å²) in [6.07, 6.45) is 6.56. The molecule has 0 aliphatic rings. The zero-order valence-electron chi connectivity index (χ0n) is 43.2. The molecule has 0 aliphatic carbocycles. The van der Waals surface area contributed by atoms with E-state index in [0.717, 1.165) is 36.4 Å². The fraction of sp³-hybridized carbons (Fsp3) is 0.763. The number of carbonyl (C=O) groups is 5. The van der Waals surface area contributed by atoms with Crippen molar-refractivity contribution in [2.45, 2.75) is 69.2 Å². The minimum atomic E-state index is -3.16. The molecule has 1 N–H and O–H groups in total. The molecular formula is C38H89N5O15S3. The number of nitrogens with one attached hydrogen (secondary N) is 1. The number of allylic oxidation sites excluding steroid dienone is 2.